The summed E-state index contributed by atoms with van der Waals surface area (Å²) in [7, 11) is 1.47. The molecule has 0 aliphatic rings. The van der Waals surface area contributed by atoms with Crippen molar-refractivity contribution in [1.29, 1.82) is 0 Å². The van der Waals surface area contributed by atoms with Crippen molar-refractivity contribution < 1.29 is 14.6 Å². The molecule has 0 bridgehead atoms. The molecule has 0 aromatic heterocycles. The van der Waals surface area contributed by atoms with Gasteiger partial charge in [0.1, 0.15) is 0 Å². The highest BCUT2D eigenvalue weighted by atomic mass is 31.1. The zero-order valence-electron chi connectivity index (χ0n) is 21.1. The van der Waals surface area contributed by atoms with Gasteiger partial charge in [-0.05, 0) is 37.7 Å². The molecule has 0 amide bonds. The third kappa shape index (κ3) is 29.9. The minimum Gasteiger partial charge on any atom is -0.450 e. The van der Waals surface area contributed by atoms with Crippen molar-refractivity contribution in [3.8, 4) is 0 Å². The Balaban J connectivity index is 0. The number of hydrogen-bond acceptors (Lipinski definition) is 2. The molecule has 0 fully saturated rings. The fraction of sp³-hybridized carbons (Fsp3) is 0.962. The van der Waals surface area contributed by atoms with Crippen LogP contribution < -0.4 is 0 Å². The highest BCUT2D eigenvalue weighted by molar-refractivity contribution is 7.57. The Morgan fingerprint density at radius 1 is 0.567 bits per heavy atom. The smallest absolute Gasteiger partial charge is 0.450 e. The van der Waals surface area contributed by atoms with E-state index in [2.05, 4.69) is 25.5 Å². The maximum absolute atomic E-state index is 9.15. The largest absolute Gasteiger partial charge is 0.505 e. The van der Waals surface area contributed by atoms with Crippen LogP contribution in [-0.4, -0.2) is 36.9 Å². The lowest BCUT2D eigenvalue weighted by Gasteiger charge is -2.18. The van der Waals surface area contributed by atoms with Crippen molar-refractivity contribution >= 4 is 14.1 Å². The molecule has 0 aliphatic heterocycles. The third-order valence-electron chi connectivity index (χ3n) is 5.66. The zero-order chi connectivity index (χ0) is 22.7. The van der Waals surface area contributed by atoms with Crippen LogP contribution in [0.4, 0.5) is 4.79 Å². The van der Waals surface area contributed by atoms with E-state index in [9.17, 15) is 0 Å². The number of hydrogen-bond donors (Lipinski definition) is 1. The number of carbonyl (C=O) groups is 1. The van der Waals surface area contributed by atoms with Crippen LogP contribution in [0.5, 0.6) is 0 Å². The molecule has 1 N–H and O–H groups in total. The summed E-state index contributed by atoms with van der Waals surface area (Å²) >= 11 is 0. The topological polar surface area (TPSA) is 46.5 Å². The second kappa shape index (κ2) is 28.7. The summed E-state index contributed by atoms with van der Waals surface area (Å²) in [5.74, 6) is 0. The summed E-state index contributed by atoms with van der Waals surface area (Å²) in [6.07, 6.45) is 30.0. The molecule has 0 aliphatic carbocycles. The Kier molecular flexibility index (Phi) is 30.5. The number of unbranched alkanes of at least 4 members (excludes halogenated alkanes) is 15. The third-order valence-corrected chi connectivity index (χ3v) is 8.50. The first-order chi connectivity index (χ1) is 14.6. The second-order valence-electron chi connectivity index (χ2n) is 8.61. The summed E-state index contributed by atoms with van der Waals surface area (Å²) < 4.78 is 3.67. The van der Waals surface area contributed by atoms with E-state index in [4.69, 9.17) is 9.90 Å². The van der Waals surface area contributed by atoms with Crippen LogP contribution in [0.25, 0.3) is 0 Å². The molecule has 0 rings (SSSR count). The average molecular weight is 447 g/mol. The molecule has 0 radical (unpaired) electrons. The standard InChI is InChI=1S/C24H51P.C2H4O3/c1-4-7-10-13-16-19-22-25(23-20-17-14-11-8-5-2)24-21-18-15-12-9-6-3;1-5-2(3)4/h4-24H2,1-3H3;1H3,(H,3,4). The molecular formula is C26H55O3P. The van der Waals surface area contributed by atoms with E-state index in [1.807, 2.05) is 0 Å². The van der Waals surface area contributed by atoms with Crippen molar-refractivity contribution in [1.82, 2.24) is 0 Å². The van der Waals surface area contributed by atoms with Crippen LogP contribution in [0.3, 0.4) is 0 Å². The highest BCUT2D eigenvalue weighted by Crippen LogP contribution is 2.39. The van der Waals surface area contributed by atoms with Crippen LogP contribution in [0.2, 0.25) is 0 Å². The molecule has 0 aromatic carbocycles. The highest BCUT2D eigenvalue weighted by Gasteiger charge is 2.07. The van der Waals surface area contributed by atoms with Crippen LogP contribution in [-0.2, 0) is 4.74 Å². The van der Waals surface area contributed by atoms with Gasteiger partial charge < -0.3 is 9.84 Å². The Labute approximate surface area is 190 Å². The minimum atomic E-state index is -1.25. The van der Waals surface area contributed by atoms with E-state index in [0.29, 0.717) is 7.92 Å². The predicted octanol–water partition coefficient (Wildman–Crippen LogP) is 9.86. The lowest BCUT2D eigenvalue weighted by molar-refractivity contribution is 0.114. The monoisotopic (exact) mass is 446 g/mol. The molecule has 182 valence electrons. The summed E-state index contributed by atoms with van der Waals surface area (Å²) in [5.41, 5.74) is 0. The van der Waals surface area contributed by atoms with Crippen molar-refractivity contribution in [2.75, 3.05) is 25.6 Å². The van der Waals surface area contributed by atoms with Gasteiger partial charge in [0.25, 0.3) is 0 Å². The van der Waals surface area contributed by atoms with Crippen molar-refractivity contribution in [2.45, 2.75) is 136 Å². The van der Waals surface area contributed by atoms with E-state index in [1.165, 1.54) is 116 Å². The lowest BCUT2D eigenvalue weighted by Crippen LogP contribution is -1.97. The van der Waals surface area contributed by atoms with E-state index in [1.54, 1.807) is 18.5 Å². The molecule has 4 heteroatoms. The van der Waals surface area contributed by atoms with Gasteiger partial charge in [-0.15, -0.1) is 7.92 Å². The summed E-state index contributed by atoms with van der Waals surface area (Å²) in [6, 6.07) is 0. The molecular weight excluding hydrogens is 391 g/mol. The van der Waals surface area contributed by atoms with Crippen molar-refractivity contribution in [3.63, 3.8) is 0 Å². The molecule has 0 heterocycles. The molecule has 3 nitrogen and oxygen atoms in total. The first-order valence-corrected chi connectivity index (χ1v) is 15.0. The molecule has 0 atom stereocenters. The normalized spacial score (nSPS) is 10.7. The first-order valence-electron chi connectivity index (χ1n) is 13.1. The van der Waals surface area contributed by atoms with E-state index in [-0.39, 0.29) is 0 Å². The Hall–Kier alpha value is -0.300. The Bertz CT molecular complexity index is 285. The maximum atomic E-state index is 9.15. The van der Waals surface area contributed by atoms with Crippen molar-refractivity contribution in [3.05, 3.63) is 0 Å². The average Bonchev–Trinajstić information content (AvgIpc) is 2.75. The Morgan fingerprint density at radius 2 is 0.800 bits per heavy atom. The van der Waals surface area contributed by atoms with E-state index < -0.39 is 6.16 Å². The van der Waals surface area contributed by atoms with Gasteiger partial charge in [-0.25, -0.2) is 4.79 Å². The number of rotatable bonds is 21. The van der Waals surface area contributed by atoms with Crippen molar-refractivity contribution in [2.24, 2.45) is 0 Å². The first kappa shape index (κ1) is 31.9. The van der Waals surface area contributed by atoms with Gasteiger partial charge in [-0.2, -0.15) is 0 Å². The predicted molar refractivity (Wildman–Crippen MR) is 137 cm³/mol. The fourth-order valence-corrected chi connectivity index (χ4v) is 6.37. The van der Waals surface area contributed by atoms with Crippen LogP contribution >= 0.6 is 7.92 Å². The minimum absolute atomic E-state index is 0.366. The van der Waals surface area contributed by atoms with E-state index in [0.717, 1.165) is 7.11 Å². The zero-order valence-corrected chi connectivity index (χ0v) is 22.0. The number of methoxy groups -OCH3 is 1. The van der Waals surface area contributed by atoms with Gasteiger partial charge in [0, 0.05) is 0 Å². The molecule has 0 saturated heterocycles. The summed E-state index contributed by atoms with van der Waals surface area (Å²) in [5, 5.41) is 7.50. The lowest BCUT2D eigenvalue weighted by atomic mass is 10.1. The molecule has 0 aromatic rings. The molecule has 0 unspecified atom stereocenters. The maximum Gasteiger partial charge on any atom is 0.505 e. The van der Waals surface area contributed by atoms with Gasteiger partial charge in [0.15, 0.2) is 0 Å². The number of ether oxygens (including phenoxy) is 1. The SMILES string of the molecule is CCCCCCCCP(CCCCCCCC)CCCCCCCC.COC(=O)O. The Morgan fingerprint density at radius 3 is 1.03 bits per heavy atom. The van der Waals surface area contributed by atoms with Gasteiger partial charge in [-0.3, -0.25) is 0 Å². The fourth-order valence-electron chi connectivity index (χ4n) is 3.68. The molecule has 30 heavy (non-hydrogen) atoms. The second-order valence-corrected chi connectivity index (χ2v) is 11.3. The van der Waals surface area contributed by atoms with Gasteiger partial charge >= 0.3 is 6.16 Å². The summed E-state index contributed by atoms with van der Waals surface area (Å²) in [4.78, 5) is 9.15. The van der Waals surface area contributed by atoms with Gasteiger partial charge in [0.05, 0.1) is 7.11 Å². The van der Waals surface area contributed by atoms with E-state index >= 15 is 0 Å². The van der Waals surface area contributed by atoms with Crippen LogP contribution in [0.1, 0.15) is 136 Å². The van der Waals surface area contributed by atoms with Gasteiger partial charge in [0.2, 0.25) is 0 Å². The number of carboxylic acid groups (broad SMARTS) is 1. The summed E-state index contributed by atoms with van der Waals surface area (Å²) in [6.45, 7) is 6.96. The molecule has 0 spiro atoms. The molecule has 0 saturated carbocycles. The van der Waals surface area contributed by atoms with Crippen LogP contribution in [0, 0.1) is 0 Å². The quantitative estimate of drug-likeness (QED) is 0.108. The van der Waals surface area contributed by atoms with Gasteiger partial charge in [-0.1, -0.05) is 117 Å². The van der Waals surface area contributed by atoms with Crippen LogP contribution in [0.15, 0.2) is 0 Å².